The largest absolute Gasteiger partial charge is 0.381 e. The van der Waals surface area contributed by atoms with Gasteiger partial charge in [0, 0.05) is 38.9 Å². The van der Waals surface area contributed by atoms with Crippen LogP contribution in [0.25, 0.3) is 0 Å². The summed E-state index contributed by atoms with van der Waals surface area (Å²) in [6, 6.07) is 0.762. The van der Waals surface area contributed by atoms with Crippen molar-refractivity contribution in [1.29, 1.82) is 0 Å². The van der Waals surface area contributed by atoms with Gasteiger partial charge >= 0.3 is 0 Å². The molecule has 2 unspecified atom stereocenters. The first-order valence-corrected chi connectivity index (χ1v) is 8.18. The van der Waals surface area contributed by atoms with Gasteiger partial charge in [-0.1, -0.05) is 13.8 Å². The Labute approximate surface area is 119 Å². The number of hydrogen-bond acceptors (Lipinski definition) is 3. The normalized spacial score (nSPS) is 32.4. The van der Waals surface area contributed by atoms with Crippen LogP contribution in [0.4, 0.5) is 0 Å². The van der Waals surface area contributed by atoms with Gasteiger partial charge < -0.3 is 10.1 Å². The molecule has 2 saturated heterocycles. The number of hydrogen-bond donors (Lipinski definition) is 1. The zero-order valence-corrected chi connectivity index (χ0v) is 13.1. The van der Waals surface area contributed by atoms with E-state index in [-0.39, 0.29) is 0 Å². The second kappa shape index (κ2) is 7.05. The van der Waals surface area contributed by atoms with Gasteiger partial charge in [-0.2, -0.15) is 0 Å². The lowest BCUT2D eigenvalue weighted by Crippen LogP contribution is -2.52. The van der Waals surface area contributed by atoms with Crippen LogP contribution in [0.5, 0.6) is 0 Å². The molecule has 3 heteroatoms. The molecule has 1 N–H and O–H groups in total. The van der Waals surface area contributed by atoms with E-state index in [4.69, 9.17) is 4.74 Å². The Balaban J connectivity index is 1.97. The van der Waals surface area contributed by atoms with E-state index < -0.39 is 0 Å². The Kier molecular flexibility index (Phi) is 5.67. The lowest BCUT2D eigenvalue weighted by Gasteiger charge is -2.45. The highest BCUT2D eigenvalue weighted by Crippen LogP contribution is 2.33. The monoisotopic (exact) mass is 268 g/mol. The van der Waals surface area contributed by atoms with Crippen molar-refractivity contribution in [3.8, 4) is 0 Å². The summed E-state index contributed by atoms with van der Waals surface area (Å²) in [7, 11) is 0. The molecule has 2 fully saturated rings. The van der Waals surface area contributed by atoms with Gasteiger partial charge in [0.05, 0.1) is 0 Å². The molecule has 19 heavy (non-hydrogen) atoms. The number of ether oxygens (including phenoxy) is 1. The molecule has 0 aromatic carbocycles. The van der Waals surface area contributed by atoms with Crippen molar-refractivity contribution >= 4 is 0 Å². The molecule has 112 valence electrons. The molecule has 3 nitrogen and oxygen atoms in total. The van der Waals surface area contributed by atoms with Gasteiger partial charge in [0.15, 0.2) is 0 Å². The Morgan fingerprint density at radius 3 is 2.63 bits per heavy atom. The molecule has 2 rings (SSSR count). The highest BCUT2D eigenvalue weighted by atomic mass is 16.5. The molecular formula is C16H32N2O. The minimum Gasteiger partial charge on any atom is -0.381 e. The molecule has 2 heterocycles. The molecule has 2 aliphatic rings. The smallest absolute Gasteiger partial charge is 0.0472 e. The zero-order chi connectivity index (χ0) is 13.7. The van der Waals surface area contributed by atoms with Gasteiger partial charge in [-0.25, -0.2) is 0 Å². The molecular weight excluding hydrogens is 236 g/mol. The van der Waals surface area contributed by atoms with Crippen LogP contribution in [0, 0.1) is 11.3 Å². The van der Waals surface area contributed by atoms with Crippen LogP contribution in [0.15, 0.2) is 0 Å². The molecule has 0 aromatic heterocycles. The summed E-state index contributed by atoms with van der Waals surface area (Å²) in [5.74, 6) is 0.868. The average molecular weight is 268 g/mol. The van der Waals surface area contributed by atoms with E-state index in [0.29, 0.717) is 5.41 Å². The van der Waals surface area contributed by atoms with Crippen LogP contribution in [-0.4, -0.2) is 50.3 Å². The minimum absolute atomic E-state index is 0.444. The molecule has 0 amide bonds. The van der Waals surface area contributed by atoms with E-state index in [1.807, 2.05) is 0 Å². The average Bonchev–Trinajstić information content (AvgIpc) is 2.42. The third-order valence-electron chi connectivity index (χ3n) is 5.09. The Morgan fingerprint density at radius 1 is 1.21 bits per heavy atom. The third-order valence-corrected chi connectivity index (χ3v) is 5.09. The van der Waals surface area contributed by atoms with Crippen LogP contribution in [0.1, 0.15) is 46.5 Å². The van der Waals surface area contributed by atoms with Gasteiger partial charge in [-0.15, -0.1) is 0 Å². The number of likely N-dealkylation sites (tertiary alicyclic amines) is 1. The van der Waals surface area contributed by atoms with Crippen molar-refractivity contribution in [2.75, 3.05) is 39.4 Å². The van der Waals surface area contributed by atoms with Gasteiger partial charge in [-0.05, 0) is 50.5 Å². The van der Waals surface area contributed by atoms with E-state index in [9.17, 15) is 0 Å². The molecule has 0 aromatic rings. The predicted molar refractivity (Wildman–Crippen MR) is 80.5 cm³/mol. The summed E-state index contributed by atoms with van der Waals surface area (Å²) in [5.41, 5.74) is 0.444. The van der Waals surface area contributed by atoms with E-state index in [1.165, 1.54) is 38.8 Å². The van der Waals surface area contributed by atoms with Gasteiger partial charge in [0.25, 0.3) is 0 Å². The fourth-order valence-corrected chi connectivity index (χ4v) is 3.62. The first-order valence-electron chi connectivity index (χ1n) is 8.18. The molecule has 0 saturated carbocycles. The van der Waals surface area contributed by atoms with Crippen LogP contribution in [-0.2, 0) is 4.74 Å². The fraction of sp³-hybridized carbons (Fsp3) is 1.00. The maximum Gasteiger partial charge on any atom is 0.0472 e. The molecule has 2 aliphatic heterocycles. The molecule has 0 radical (unpaired) electrons. The van der Waals surface area contributed by atoms with Crippen molar-refractivity contribution in [2.24, 2.45) is 11.3 Å². The highest BCUT2D eigenvalue weighted by molar-refractivity contribution is 4.90. The second-order valence-corrected chi connectivity index (χ2v) is 6.85. The van der Waals surface area contributed by atoms with E-state index in [0.717, 1.165) is 38.3 Å². The van der Waals surface area contributed by atoms with Crippen LogP contribution < -0.4 is 5.32 Å². The number of nitrogens with one attached hydrogen (secondary N) is 1. The summed E-state index contributed by atoms with van der Waals surface area (Å²) < 4.78 is 5.60. The van der Waals surface area contributed by atoms with E-state index in [2.05, 4.69) is 31.0 Å². The molecule has 0 bridgehead atoms. The Morgan fingerprint density at radius 2 is 1.95 bits per heavy atom. The Bertz CT molecular complexity index is 263. The molecule has 2 atom stereocenters. The standard InChI is InChI=1S/C16H32N2O/c1-4-17-12-16(7-9-19-10-8-16)13-18-11-14(2)5-6-15(18)3/h14-15,17H,4-13H2,1-3H3. The lowest BCUT2D eigenvalue weighted by molar-refractivity contribution is -0.0200. The van der Waals surface area contributed by atoms with Crippen molar-refractivity contribution in [3.05, 3.63) is 0 Å². The maximum absolute atomic E-state index is 5.60. The number of rotatable bonds is 5. The van der Waals surface area contributed by atoms with Crippen molar-refractivity contribution in [1.82, 2.24) is 10.2 Å². The van der Waals surface area contributed by atoms with Crippen molar-refractivity contribution in [3.63, 3.8) is 0 Å². The van der Waals surface area contributed by atoms with Crippen LogP contribution in [0.2, 0.25) is 0 Å². The fourth-order valence-electron chi connectivity index (χ4n) is 3.62. The maximum atomic E-state index is 5.60. The molecule has 0 aliphatic carbocycles. The van der Waals surface area contributed by atoms with Crippen molar-refractivity contribution < 1.29 is 4.74 Å². The summed E-state index contributed by atoms with van der Waals surface area (Å²) in [6.45, 7) is 13.7. The second-order valence-electron chi connectivity index (χ2n) is 6.85. The van der Waals surface area contributed by atoms with Crippen LogP contribution in [0.3, 0.4) is 0 Å². The Hall–Kier alpha value is -0.120. The summed E-state index contributed by atoms with van der Waals surface area (Å²) in [5, 5.41) is 3.59. The number of nitrogens with zero attached hydrogens (tertiary/aromatic N) is 1. The summed E-state index contributed by atoms with van der Waals surface area (Å²) in [6.07, 6.45) is 5.21. The van der Waals surface area contributed by atoms with Gasteiger partial charge in [0.1, 0.15) is 0 Å². The SMILES string of the molecule is CCNCC1(CN2CC(C)CCC2C)CCOCC1. The summed E-state index contributed by atoms with van der Waals surface area (Å²) in [4.78, 5) is 2.75. The van der Waals surface area contributed by atoms with Gasteiger partial charge in [0.2, 0.25) is 0 Å². The van der Waals surface area contributed by atoms with E-state index >= 15 is 0 Å². The minimum atomic E-state index is 0.444. The van der Waals surface area contributed by atoms with Crippen molar-refractivity contribution in [2.45, 2.75) is 52.5 Å². The van der Waals surface area contributed by atoms with Gasteiger partial charge in [-0.3, -0.25) is 4.90 Å². The van der Waals surface area contributed by atoms with E-state index in [1.54, 1.807) is 0 Å². The first-order chi connectivity index (χ1) is 9.15. The molecule has 0 spiro atoms. The topological polar surface area (TPSA) is 24.5 Å². The third kappa shape index (κ3) is 4.17. The predicted octanol–water partition coefficient (Wildman–Crippen LogP) is 2.51. The highest BCUT2D eigenvalue weighted by Gasteiger charge is 2.36. The quantitative estimate of drug-likeness (QED) is 0.829. The first kappa shape index (κ1) is 15.3. The van der Waals surface area contributed by atoms with Crippen LogP contribution >= 0.6 is 0 Å². The summed E-state index contributed by atoms with van der Waals surface area (Å²) >= 11 is 0. The zero-order valence-electron chi connectivity index (χ0n) is 13.1. The lowest BCUT2D eigenvalue weighted by atomic mass is 9.78. The number of piperidine rings is 1.